The first-order chi connectivity index (χ1) is 11.8. The van der Waals surface area contributed by atoms with Crippen LogP contribution in [0.15, 0.2) is 30.6 Å². The molecule has 5 nitrogen and oxygen atoms in total. The van der Waals surface area contributed by atoms with Gasteiger partial charge in [-0.25, -0.2) is 4.98 Å². The van der Waals surface area contributed by atoms with E-state index in [0.29, 0.717) is 18.3 Å². The third-order valence-electron chi connectivity index (χ3n) is 5.08. The van der Waals surface area contributed by atoms with Crippen molar-refractivity contribution in [1.29, 1.82) is 0 Å². The lowest BCUT2D eigenvalue weighted by molar-refractivity contribution is -0.121. The highest BCUT2D eigenvalue weighted by molar-refractivity contribution is 5.88. The Morgan fingerprint density at radius 2 is 2.08 bits per heavy atom. The van der Waals surface area contributed by atoms with Gasteiger partial charge in [0.2, 0.25) is 5.91 Å². The van der Waals surface area contributed by atoms with Crippen LogP contribution in [0.25, 0.3) is 10.9 Å². The van der Waals surface area contributed by atoms with Gasteiger partial charge in [-0.2, -0.15) is 0 Å². The number of nitrogens with zero attached hydrogens (tertiary/aromatic N) is 3. The van der Waals surface area contributed by atoms with E-state index < -0.39 is 0 Å². The summed E-state index contributed by atoms with van der Waals surface area (Å²) in [5.74, 6) is 2.34. The van der Waals surface area contributed by atoms with Gasteiger partial charge in [0.1, 0.15) is 5.52 Å². The van der Waals surface area contributed by atoms with Crippen molar-refractivity contribution in [1.82, 2.24) is 15.3 Å². The summed E-state index contributed by atoms with van der Waals surface area (Å²) in [6.07, 6.45) is 9.15. The van der Waals surface area contributed by atoms with Crippen LogP contribution in [0.5, 0.6) is 0 Å². The Morgan fingerprint density at radius 3 is 2.96 bits per heavy atom. The Kier molecular flexibility index (Phi) is 4.32. The van der Waals surface area contributed by atoms with Crippen LogP contribution in [-0.4, -0.2) is 35.5 Å². The molecule has 2 aromatic rings. The molecule has 0 bridgehead atoms. The molecule has 0 spiro atoms. The molecule has 0 aromatic carbocycles. The van der Waals surface area contributed by atoms with Crippen LogP contribution in [0.4, 0.5) is 5.82 Å². The van der Waals surface area contributed by atoms with Crippen LogP contribution in [0, 0.1) is 11.8 Å². The van der Waals surface area contributed by atoms with Gasteiger partial charge in [-0.05, 0) is 49.7 Å². The maximum absolute atomic E-state index is 11.9. The van der Waals surface area contributed by atoms with Crippen LogP contribution < -0.4 is 10.2 Å². The minimum atomic E-state index is 0.222. The summed E-state index contributed by atoms with van der Waals surface area (Å²) in [6.45, 7) is 2.72. The summed E-state index contributed by atoms with van der Waals surface area (Å²) in [6, 6.07) is 6.04. The first kappa shape index (κ1) is 15.4. The van der Waals surface area contributed by atoms with Gasteiger partial charge in [0.05, 0.1) is 0 Å². The monoisotopic (exact) mass is 324 g/mol. The Balaban J connectivity index is 1.41. The van der Waals surface area contributed by atoms with Crippen LogP contribution in [0.3, 0.4) is 0 Å². The molecule has 0 radical (unpaired) electrons. The molecule has 1 saturated carbocycles. The SMILES string of the molecule is O=C(CC1CC1)NCC1CCCN(c2nccc3cccnc23)C1. The highest BCUT2D eigenvalue weighted by Crippen LogP contribution is 2.32. The van der Waals surface area contributed by atoms with Gasteiger partial charge in [0, 0.05) is 43.8 Å². The molecule has 2 aromatic heterocycles. The zero-order chi connectivity index (χ0) is 16.4. The third-order valence-corrected chi connectivity index (χ3v) is 5.08. The van der Waals surface area contributed by atoms with Gasteiger partial charge in [-0.3, -0.25) is 9.78 Å². The predicted octanol–water partition coefficient (Wildman–Crippen LogP) is 2.76. The molecule has 1 N–H and O–H groups in total. The summed E-state index contributed by atoms with van der Waals surface area (Å²) < 4.78 is 0. The van der Waals surface area contributed by atoms with E-state index in [-0.39, 0.29) is 5.91 Å². The average Bonchev–Trinajstić information content (AvgIpc) is 3.44. The molecule has 1 aliphatic carbocycles. The molecule has 126 valence electrons. The lowest BCUT2D eigenvalue weighted by Crippen LogP contribution is -2.41. The van der Waals surface area contributed by atoms with E-state index in [9.17, 15) is 4.79 Å². The fourth-order valence-corrected chi connectivity index (χ4v) is 3.56. The normalized spacial score (nSPS) is 21.0. The second-order valence-electron chi connectivity index (χ2n) is 7.12. The van der Waals surface area contributed by atoms with Crippen molar-refractivity contribution < 1.29 is 4.79 Å². The Morgan fingerprint density at radius 1 is 1.17 bits per heavy atom. The molecule has 1 atom stereocenters. The average molecular weight is 324 g/mol. The van der Waals surface area contributed by atoms with Gasteiger partial charge in [-0.15, -0.1) is 0 Å². The maximum Gasteiger partial charge on any atom is 0.220 e. The minimum Gasteiger partial charge on any atom is -0.356 e. The van der Waals surface area contributed by atoms with E-state index >= 15 is 0 Å². The molecule has 1 aliphatic heterocycles. The van der Waals surface area contributed by atoms with Crippen molar-refractivity contribution >= 4 is 22.6 Å². The second kappa shape index (κ2) is 6.75. The standard InChI is InChI=1S/C19H24N4O/c24-17(11-14-5-6-14)22-12-15-3-2-10-23(13-15)19-18-16(7-9-21-19)4-1-8-20-18/h1,4,7-9,14-15H,2-3,5-6,10-13H2,(H,22,24). The number of nitrogens with one attached hydrogen (secondary N) is 1. The van der Waals surface area contributed by atoms with Crippen molar-refractivity contribution in [2.45, 2.75) is 32.1 Å². The van der Waals surface area contributed by atoms with E-state index in [1.165, 1.54) is 19.3 Å². The van der Waals surface area contributed by atoms with Gasteiger partial charge in [-0.1, -0.05) is 6.07 Å². The Hall–Kier alpha value is -2.17. The van der Waals surface area contributed by atoms with Crippen LogP contribution in [-0.2, 0) is 4.79 Å². The quantitative estimate of drug-likeness (QED) is 0.919. The van der Waals surface area contributed by atoms with E-state index in [4.69, 9.17) is 0 Å². The topological polar surface area (TPSA) is 58.1 Å². The number of piperidine rings is 1. The third kappa shape index (κ3) is 3.50. The number of amides is 1. The van der Waals surface area contributed by atoms with E-state index in [1.807, 2.05) is 24.5 Å². The van der Waals surface area contributed by atoms with Gasteiger partial charge < -0.3 is 10.2 Å². The van der Waals surface area contributed by atoms with Gasteiger partial charge in [0.15, 0.2) is 5.82 Å². The highest BCUT2D eigenvalue weighted by Gasteiger charge is 2.26. The molecule has 1 unspecified atom stereocenters. The second-order valence-corrected chi connectivity index (χ2v) is 7.12. The first-order valence-corrected chi connectivity index (χ1v) is 9.01. The fraction of sp³-hybridized carbons (Fsp3) is 0.526. The number of anilines is 1. The fourth-order valence-electron chi connectivity index (χ4n) is 3.56. The Bertz CT molecular complexity index is 723. The summed E-state index contributed by atoms with van der Waals surface area (Å²) in [7, 11) is 0. The number of pyridine rings is 2. The van der Waals surface area contributed by atoms with Crippen molar-refractivity contribution in [3.8, 4) is 0 Å². The van der Waals surface area contributed by atoms with E-state index in [1.54, 1.807) is 0 Å². The number of hydrogen-bond donors (Lipinski definition) is 1. The summed E-state index contributed by atoms with van der Waals surface area (Å²) >= 11 is 0. The lowest BCUT2D eigenvalue weighted by atomic mass is 9.97. The molecule has 2 fully saturated rings. The molecule has 5 heteroatoms. The molecule has 4 rings (SSSR count). The molecule has 24 heavy (non-hydrogen) atoms. The predicted molar refractivity (Wildman–Crippen MR) is 94.8 cm³/mol. The number of aromatic nitrogens is 2. The van der Waals surface area contributed by atoms with Crippen molar-refractivity contribution in [3.63, 3.8) is 0 Å². The van der Waals surface area contributed by atoms with Crippen LogP contribution in [0.2, 0.25) is 0 Å². The largest absolute Gasteiger partial charge is 0.356 e. The number of rotatable bonds is 5. The van der Waals surface area contributed by atoms with Crippen molar-refractivity contribution in [2.75, 3.05) is 24.5 Å². The molecular weight excluding hydrogens is 300 g/mol. The van der Waals surface area contributed by atoms with E-state index in [0.717, 1.165) is 42.8 Å². The van der Waals surface area contributed by atoms with E-state index in [2.05, 4.69) is 26.3 Å². The zero-order valence-electron chi connectivity index (χ0n) is 13.9. The maximum atomic E-state index is 11.9. The highest BCUT2D eigenvalue weighted by atomic mass is 16.1. The van der Waals surface area contributed by atoms with Gasteiger partial charge in [0.25, 0.3) is 0 Å². The molecule has 1 amide bonds. The van der Waals surface area contributed by atoms with Gasteiger partial charge >= 0.3 is 0 Å². The molecule has 1 saturated heterocycles. The lowest BCUT2D eigenvalue weighted by Gasteiger charge is -2.34. The Labute approximate surface area is 142 Å². The van der Waals surface area contributed by atoms with Crippen molar-refractivity contribution in [2.24, 2.45) is 11.8 Å². The number of carbonyl (C=O) groups is 1. The summed E-state index contributed by atoms with van der Waals surface area (Å²) in [4.78, 5) is 23.4. The van der Waals surface area contributed by atoms with Crippen LogP contribution in [0.1, 0.15) is 32.1 Å². The number of fused-ring (bicyclic) bond motifs is 1. The first-order valence-electron chi connectivity index (χ1n) is 9.01. The summed E-state index contributed by atoms with van der Waals surface area (Å²) in [5.41, 5.74) is 0.971. The molecular formula is C19H24N4O. The molecule has 3 heterocycles. The smallest absolute Gasteiger partial charge is 0.220 e. The molecule has 2 aliphatic rings. The van der Waals surface area contributed by atoms with Crippen LogP contribution >= 0.6 is 0 Å². The van der Waals surface area contributed by atoms with Crippen molar-refractivity contribution in [3.05, 3.63) is 30.6 Å². The summed E-state index contributed by atoms with van der Waals surface area (Å²) in [5, 5.41) is 4.26. The number of carbonyl (C=O) groups excluding carboxylic acids is 1. The number of hydrogen-bond acceptors (Lipinski definition) is 4. The zero-order valence-corrected chi connectivity index (χ0v) is 13.9. The minimum absolute atomic E-state index is 0.222.